The van der Waals surface area contributed by atoms with E-state index in [0.29, 0.717) is 23.0 Å². The number of allylic oxidation sites excluding steroid dienone is 3. The number of halogens is 4. The van der Waals surface area contributed by atoms with E-state index in [9.17, 15) is 22.4 Å². The summed E-state index contributed by atoms with van der Waals surface area (Å²) in [4.78, 5) is 29.2. The Bertz CT molecular complexity index is 1510. The van der Waals surface area contributed by atoms with Gasteiger partial charge in [-0.15, -0.1) is 0 Å². The number of carbonyl (C=O) groups excluding carboxylic acids is 2. The van der Waals surface area contributed by atoms with Crippen molar-refractivity contribution in [2.24, 2.45) is 40.3 Å². The summed E-state index contributed by atoms with van der Waals surface area (Å²) in [5.74, 6) is 1.52. The van der Waals surface area contributed by atoms with E-state index in [2.05, 4.69) is 77.3 Å². The van der Waals surface area contributed by atoms with Gasteiger partial charge in [0.05, 0.1) is 11.1 Å². The number of pyridine rings is 1. The van der Waals surface area contributed by atoms with Crippen molar-refractivity contribution < 1.29 is 27.2 Å². The number of aliphatic imine (C=N–C) groups is 1. The zero-order valence-corrected chi connectivity index (χ0v) is 39.1. The topological polar surface area (TPSA) is 97.4 Å². The number of rotatable bonds is 14. The van der Waals surface area contributed by atoms with Gasteiger partial charge in [-0.1, -0.05) is 127 Å². The molecule has 0 aliphatic heterocycles. The fourth-order valence-electron chi connectivity index (χ4n) is 4.94. The van der Waals surface area contributed by atoms with Gasteiger partial charge < -0.3 is 15.8 Å². The zero-order valence-electron chi connectivity index (χ0n) is 39.1. The van der Waals surface area contributed by atoms with E-state index in [-0.39, 0.29) is 17.3 Å². The summed E-state index contributed by atoms with van der Waals surface area (Å²) in [6, 6.07) is 5.53. The first-order chi connectivity index (χ1) is 27.1. The lowest BCUT2D eigenvalue weighted by atomic mass is 9.85. The number of anilines is 1. The van der Waals surface area contributed by atoms with Gasteiger partial charge in [0.1, 0.15) is 23.8 Å². The smallest absolute Gasteiger partial charge is 0.383 e. The molecule has 0 aliphatic rings. The molecule has 0 radical (unpaired) electrons. The van der Waals surface area contributed by atoms with Crippen molar-refractivity contribution in [2.45, 2.75) is 156 Å². The molecule has 3 N–H and O–H groups in total. The Morgan fingerprint density at radius 1 is 0.931 bits per heavy atom. The van der Waals surface area contributed by atoms with Crippen LogP contribution in [0.15, 0.2) is 71.5 Å². The molecular weight excluding hydrogens is 741 g/mol. The molecule has 1 aromatic heterocycles. The van der Waals surface area contributed by atoms with E-state index in [4.69, 9.17) is 10.5 Å². The molecule has 332 valence electrons. The predicted molar refractivity (Wildman–Crippen MR) is 243 cm³/mol. The molecule has 3 unspecified atom stereocenters. The first-order valence-electron chi connectivity index (χ1n) is 21.0. The first-order valence-corrected chi connectivity index (χ1v) is 21.0. The highest BCUT2D eigenvalue weighted by atomic mass is 19.4. The lowest BCUT2D eigenvalue weighted by Gasteiger charge is -2.21. The van der Waals surface area contributed by atoms with Gasteiger partial charge in [-0.3, -0.25) is 4.79 Å². The van der Waals surface area contributed by atoms with Gasteiger partial charge in [-0.2, -0.15) is 13.2 Å². The van der Waals surface area contributed by atoms with Gasteiger partial charge in [-0.25, -0.2) is 14.4 Å². The van der Waals surface area contributed by atoms with Crippen molar-refractivity contribution in [1.82, 2.24) is 4.98 Å². The lowest BCUT2D eigenvalue weighted by molar-refractivity contribution is -0.137. The number of nitrogens with zero attached hydrogens (tertiary/aromatic N) is 2. The third kappa shape index (κ3) is 27.5. The molecule has 1 amide bonds. The highest BCUT2D eigenvalue weighted by Crippen LogP contribution is 2.32. The number of hydrogen-bond donors (Lipinski definition) is 2. The van der Waals surface area contributed by atoms with Crippen molar-refractivity contribution in [3.63, 3.8) is 0 Å². The highest BCUT2D eigenvalue weighted by molar-refractivity contribution is 6.05. The molecule has 1 heterocycles. The largest absolute Gasteiger partial charge is 0.416 e. The minimum absolute atomic E-state index is 0.0257. The second-order valence-electron chi connectivity index (χ2n) is 14.7. The van der Waals surface area contributed by atoms with Gasteiger partial charge in [0, 0.05) is 12.4 Å². The van der Waals surface area contributed by atoms with Gasteiger partial charge in [0.2, 0.25) is 0 Å². The molecule has 10 heteroatoms. The summed E-state index contributed by atoms with van der Waals surface area (Å²) in [6.07, 6.45) is 6.43. The van der Waals surface area contributed by atoms with Gasteiger partial charge >= 0.3 is 6.18 Å². The molecule has 1 aromatic carbocycles. The molecule has 0 spiro atoms. The van der Waals surface area contributed by atoms with Crippen LogP contribution in [-0.4, -0.2) is 23.0 Å². The SMILES string of the molecule is C=C(C)C(CCC(C)C)CC(C)CC.CC.CC.CC(C)C.CC=O.C\C=C/N=C(N)/C(C)=C(\c1ccc(C(=O)Nc2cc(C(F)(F)F)ccn2)c(F)c1)C(C)CC. The Morgan fingerprint density at radius 3 is 1.88 bits per heavy atom. The maximum absolute atomic E-state index is 14.9. The summed E-state index contributed by atoms with van der Waals surface area (Å²) >= 11 is 0. The fraction of sp³-hybridized carbons (Fsp3) is 0.583. The number of amides is 1. The van der Waals surface area contributed by atoms with E-state index in [1.165, 1.54) is 50.3 Å². The van der Waals surface area contributed by atoms with Crippen LogP contribution in [0.1, 0.15) is 171 Å². The minimum Gasteiger partial charge on any atom is -0.383 e. The fourth-order valence-corrected chi connectivity index (χ4v) is 4.94. The molecule has 3 atom stereocenters. The van der Waals surface area contributed by atoms with E-state index in [1.807, 2.05) is 41.5 Å². The molecule has 2 rings (SSSR count). The number of nitrogens with two attached hydrogens (primary N) is 1. The second-order valence-corrected chi connectivity index (χ2v) is 14.7. The van der Waals surface area contributed by atoms with E-state index in [1.54, 1.807) is 32.2 Å². The van der Waals surface area contributed by atoms with Crippen molar-refractivity contribution in [1.29, 1.82) is 0 Å². The number of carbonyl (C=O) groups is 2. The summed E-state index contributed by atoms with van der Waals surface area (Å²) in [7, 11) is 0. The number of hydrogen-bond acceptors (Lipinski definition) is 4. The second kappa shape index (κ2) is 34.9. The Morgan fingerprint density at radius 2 is 1.47 bits per heavy atom. The predicted octanol–water partition coefficient (Wildman–Crippen LogP) is 15.2. The van der Waals surface area contributed by atoms with Crippen molar-refractivity contribution in [3.8, 4) is 0 Å². The van der Waals surface area contributed by atoms with Crippen LogP contribution in [0.3, 0.4) is 0 Å². The van der Waals surface area contributed by atoms with Crippen LogP contribution >= 0.6 is 0 Å². The Hall–Kier alpha value is -4.08. The molecule has 58 heavy (non-hydrogen) atoms. The van der Waals surface area contributed by atoms with Crippen molar-refractivity contribution >= 4 is 29.4 Å². The van der Waals surface area contributed by atoms with Crippen molar-refractivity contribution in [3.05, 3.63) is 89.0 Å². The molecule has 0 aliphatic carbocycles. The monoisotopic (exact) mass is 821 g/mol. The molecule has 6 nitrogen and oxygen atoms in total. The first kappa shape index (κ1) is 60.6. The Balaban J connectivity index is -0.000000481. The van der Waals surface area contributed by atoms with Crippen LogP contribution in [-0.2, 0) is 11.0 Å². The van der Waals surface area contributed by atoms with Crippen LogP contribution < -0.4 is 11.1 Å². The molecule has 0 saturated carbocycles. The van der Waals surface area contributed by atoms with E-state index < -0.39 is 23.5 Å². The van der Waals surface area contributed by atoms with Gasteiger partial charge in [-0.05, 0) is 118 Å². The summed E-state index contributed by atoms with van der Waals surface area (Å²) in [5.41, 5.74) is 8.17. The molecule has 0 fully saturated rings. The zero-order chi connectivity index (χ0) is 46.2. The number of nitrogens with one attached hydrogen (secondary N) is 1. The normalized spacial score (nSPS) is 12.9. The Kier molecular flexibility index (Phi) is 36.5. The average Bonchev–Trinajstić information content (AvgIpc) is 3.16. The molecule has 2 aromatic rings. The number of aromatic nitrogens is 1. The quantitative estimate of drug-likeness (QED) is 0.0652. The van der Waals surface area contributed by atoms with Crippen LogP contribution in [0.2, 0.25) is 0 Å². The molecular formula is C48H80F4N4O2. The van der Waals surface area contributed by atoms with Crippen LogP contribution in [0, 0.1) is 35.4 Å². The van der Waals surface area contributed by atoms with E-state index in [0.717, 1.165) is 54.2 Å². The molecule has 0 bridgehead atoms. The average molecular weight is 821 g/mol. The van der Waals surface area contributed by atoms with Gasteiger partial charge in [0.15, 0.2) is 0 Å². The van der Waals surface area contributed by atoms with Crippen LogP contribution in [0.4, 0.5) is 23.4 Å². The lowest BCUT2D eigenvalue weighted by Crippen LogP contribution is -2.17. The van der Waals surface area contributed by atoms with Crippen molar-refractivity contribution in [2.75, 3.05) is 5.32 Å². The summed E-state index contributed by atoms with van der Waals surface area (Å²) < 4.78 is 53.5. The maximum Gasteiger partial charge on any atom is 0.416 e. The number of amidine groups is 1. The minimum atomic E-state index is -4.59. The number of aldehydes is 1. The summed E-state index contributed by atoms with van der Waals surface area (Å²) in [5, 5.41) is 2.21. The highest BCUT2D eigenvalue weighted by Gasteiger charge is 2.31. The third-order valence-electron chi connectivity index (χ3n) is 8.28. The standard InChI is InChI=1S/C24H26F4N4O.C14H28.C4H10.C2H4O.2C2H6/c1-5-10-31-22(29)15(4)21(14(3)6-2)16-7-8-18(19(25)12-16)23(33)32-20-13-17(9-11-30-20)24(26,27)28;1-7-13(6)10-14(12(4)5)9-8-11(2)3;1-4(2)3;1-2-3;2*1-2/h5,7-14H,6H2,1-4H3,(H2,29,31)(H,30,32,33);11,13-14H,4,7-10H2,1-3,5-6H3;4H,1-3H3;2H,1H3;2*1-2H3/b10-5-,21-15-;;;;;. The Labute approximate surface area is 351 Å². The van der Waals surface area contributed by atoms with Crippen LogP contribution in [0.25, 0.3) is 5.57 Å². The number of benzene rings is 1. The maximum atomic E-state index is 14.9. The summed E-state index contributed by atoms with van der Waals surface area (Å²) in [6.45, 7) is 39.0. The molecule has 0 saturated heterocycles. The van der Waals surface area contributed by atoms with E-state index >= 15 is 0 Å². The van der Waals surface area contributed by atoms with Crippen LogP contribution in [0.5, 0.6) is 0 Å². The number of alkyl halides is 3. The van der Waals surface area contributed by atoms with Gasteiger partial charge in [0.25, 0.3) is 5.91 Å². The third-order valence-corrected chi connectivity index (χ3v) is 8.28.